The van der Waals surface area contributed by atoms with E-state index in [1.54, 1.807) is 67.8 Å². The van der Waals surface area contributed by atoms with Crippen LogP contribution in [0.25, 0.3) is 5.76 Å². The number of ether oxygens (including phenoxy) is 1. The number of benzene rings is 3. The molecule has 3 aromatic carbocycles. The van der Waals surface area contributed by atoms with Crippen molar-refractivity contribution in [2.24, 2.45) is 0 Å². The average molecular weight is 479 g/mol. The van der Waals surface area contributed by atoms with Gasteiger partial charge in [0, 0.05) is 17.7 Å². The number of fused-ring (bicyclic) bond motifs is 1. The molecule has 1 aliphatic heterocycles. The molecular weight excluding hydrogens is 456 g/mol. The normalized spacial score (nSPS) is 15.9. The molecule has 0 bridgehead atoms. The molecular formula is C25H22N2O6S. The highest BCUT2D eigenvalue weighted by Gasteiger charge is 2.42. The van der Waals surface area contributed by atoms with Crippen LogP contribution in [0.5, 0.6) is 5.75 Å². The van der Waals surface area contributed by atoms with Crippen molar-refractivity contribution in [3.8, 4) is 5.75 Å². The van der Waals surface area contributed by atoms with Crippen LogP contribution in [0.4, 0.5) is 0 Å². The molecule has 34 heavy (non-hydrogen) atoms. The Morgan fingerprint density at radius 1 is 0.971 bits per heavy atom. The Labute approximate surface area is 197 Å². The summed E-state index contributed by atoms with van der Waals surface area (Å²) < 4.78 is 32.6. The third-order valence-corrected chi connectivity index (χ3v) is 7.18. The zero-order chi connectivity index (χ0) is 24.3. The Morgan fingerprint density at radius 3 is 2.29 bits per heavy atom. The zero-order valence-electron chi connectivity index (χ0n) is 18.3. The lowest BCUT2D eigenvalue weighted by molar-refractivity contribution is -0.121. The number of rotatable bonds is 6. The van der Waals surface area contributed by atoms with Crippen molar-refractivity contribution in [3.05, 3.63) is 101 Å². The fourth-order valence-electron chi connectivity index (χ4n) is 3.61. The zero-order valence-corrected chi connectivity index (χ0v) is 19.1. The highest BCUT2D eigenvalue weighted by molar-refractivity contribution is 7.89. The minimum Gasteiger partial charge on any atom is -0.505 e. The van der Waals surface area contributed by atoms with Crippen LogP contribution in [0.15, 0.2) is 89.5 Å². The number of sulfonamides is 1. The van der Waals surface area contributed by atoms with Crippen molar-refractivity contribution in [2.45, 2.75) is 11.4 Å². The first kappa shape index (κ1) is 23.1. The van der Waals surface area contributed by atoms with Crippen molar-refractivity contribution in [3.63, 3.8) is 0 Å². The minimum absolute atomic E-state index is 0.0603. The molecule has 0 saturated carbocycles. The number of ketones is 1. The molecule has 8 nitrogen and oxygen atoms in total. The first-order valence-corrected chi connectivity index (χ1v) is 11.8. The lowest BCUT2D eigenvalue weighted by Crippen LogP contribution is -2.45. The number of carbonyl (C=O) groups excluding carboxylic acids is 2. The van der Waals surface area contributed by atoms with Crippen LogP contribution < -0.4 is 10.1 Å². The van der Waals surface area contributed by atoms with E-state index in [-0.39, 0.29) is 22.6 Å². The number of carbonyl (C=O) groups is 2. The Hall–Kier alpha value is -4.11. The summed E-state index contributed by atoms with van der Waals surface area (Å²) in [7, 11) is -2.74. The minimum atomic E-state index is -4.29. The first-order valence-electron chi connectivity index (χ1n) is 10.4. The van der Waals surface area contributed by atoms with E-state index in [1.165, 1.54) is 18.2 Å². The molecule has 1 amide bonds. The number of aliphatic hydroxyl groups is 1. The van der Waals surface area contributed by atoms with Crippen molar-refractivity contribution in [1.82, 2.24) is 9.62 Å². The summed E-state index contributed by atoms with van der Waals surface area (Å²) in [6, 6.07) is 20.9. The van der Waals surface area contributed by atoms with Crippen LogP contribution in [0, 0.1) is 0 Å². The molecule has 4 rings (SSSR count). The van der Waals surface area contributed by atoms with E-state index in [9.17, 15) is 23.1 Å². The molecule has 0 atom stereocenters. The van der Waals surface area contributed by atoms with E-state index in [1.807, 2.05) is 0 Å². The van der Waals surface area contributed by atoms with Gasteiger partial charge in [0.1, 0.15) is 18.0 Å². The molecule has 174 valence electrons. The molecule has 0 aliphatic carbocycles. The van der Waals surface area contributed by atoms with Crippen molar-refractivity contribution >= 4 is 27.5 Å². The van der Waals surface area contributed by atoms with E-state index in [4.69, 9.17) is 4.74 Å². The monoisotopic (exact) mass is 478 g/mol. The fraction of sp³-hybridized carbons (Fsp3) is 0.120. The molecule has 1 heterocycles. The Bertz CT molecular complexity index is 1370. The van der Waals surface area contributed by atoms with E-state index >= 15 is 0 Å². The molecule has 0 unspecified atom stereocenters. The number of nitrogens with zero attached hydrogens (tertiary/aromatic N) is 1. The van der Waals surface area contributed by atoms with Crippen LogP contribution in [0.2, 0.25) is 0 Å². The van der Waals surface area contributed by atoms with Gasteiger partial charge in [-0.15, -0.1) is 0 Å². The number of hydrogen-bond donors (Lipinski definition) is 2. The summed E-state index contributed by atoms with van der Waals surface area (Å²) in [4.78, 5) is 25.8. The van der Waals surface area contributed by atoms with E-state index < -0.39 is 39.7 Å². The predicted molar refractivity (Wildman–Crippen MR) is 125 cm³/mol. The largest absolute Gasteiger partial charge is 0.505 e. The van der Waals surface area contributed by atoms with Crippen LogP contribution in [-0.2, 0) is 21.4 Å². The molecule has 3 aromatic rings. The maximum atomic E-state index is 13.4. The maximum absolute atomic E-state index is 13.4. The second kappa shape index (κ2) is 9.40. The Morgan fingerprint density at radius 2 is 1.62 bits per heavy atom. The van der Waals surface area contributed by atoms with Gasteiger partial charge in [0.15, 0.2) is 5.76 Å². The van der Waals surface area contributed by atoms with Gasteiger partial charge in [-0.1, -0.05) is 54.6 Å². The topological polar surface area (TPSA) is 113 Å². The summed E-state index contributed by atoms with van der Waals surface area (Å²) in [5.41, 5.74) is 0.503. The fourth-order valence-corrected chi connectivity index (χ4v) is 5.24. The van der Waals surface area contributed by atoms with Crippen LogP contribution in [0.3, 0.4) is 0 Å². The average Bonchev–Trinajstić information content (AvgIpc) is 2.87. The summed E-state index contributed by atoms with van der Waals surface area (Å²) in [5.74, 6) is -1.18. The van der Waals surface area contributed by atoms with Gasteiger partial charge >= 0.3 is 0 Å². The number of amides is 1. The van der Waals surface area contributed by atoms with Crippen molar-refractivity contribution < 1.29 is 27.9 Å². The number of nitrogens with one attached hydrogen (secondary N) is 1. The number of allylic oxidation sites excluding steroid dienone is 1. The summed E-state index contributed by atoms with van der Waals surface area (Å²) in [6.45, 7) is -0.532. The van der Waals surface area contributed by atoms with Gasteiger partial charge in [-0.3, -0.25) is 9.59 Å². The summed E-state index contributed by atoms with van der Waals surface area (Å²) in [5, 5.41) is 13.6. The smallest absolute Gasteiger partial charge is 0.265 e. The molecule has 0 radical (unpaired) electrons. The van der Waals surface area contributed by atoms with Crippen LogP contribution in [0.1, 0.15) is 21.5 Å². The molecule has 1 aliphatic rings. The van der Waals surface area contributed by atoms with Gasteiger partial charge in [-0.05, 0) is 29.8 Å². The van der Waals surface area contributed by atoms with Gasteiger partial charge in [0.25, 0.3) is 10.0 Å². The second-order valence-corrected chi connectivity index (χ2v) is 9.36. The first-order chi connectivity index (χ1) is 16.3. The quantitative estimate of drug-likeness (QED) is 0.416. The number of methoxy groups -OCH3 is 1. The molecule has 0 saturated heterocycles. The third kappa shape index (κ3) is 4.38. The van der Waals surface area contributed by atoms with E-state index in [0.717, 1.165) is 5.56 Å². The van der Waals surface area contributed by atoms with Crippen molar-refractivity contribution in [1.29, 1.82) is 0 Å². The SMILES string of the molecule is COc1ccc(CNC(=O)CN2/C(=C(/O)c3ccccc3)C(=O)c3ccccc3S2(=O)=O)cc1. The van der Waals surface area contributed by atoms with Crippen LogP contribution >= 0.6 is 0 Å². The van der Waals surface area contributed by atoms with Crippen molar-refractivity contribution in [2.75, 3.05) is 13.7 Å². The summed E-state index contributed by atoms with van der Waals surface area (Å²) >= 11 is 0. The third-order valence-electron chi connectivity index (χ3n) is 5.37. The molecule has 2 N–H and O–H groups in total. The highest BCUT2D eigenvalue weighted by atomic mass is 32.2. The van der Waals surface area contributed by atoms with Crippen LogP contribution in [-0.4, -0.2) is 43.2 Å². The molecule has 0 spiro atoms. The number of hydrogen-bond acceptors (Lipinski definition) is 6. The van der Waals surface area contributed by atoms with Gasteiger partial charge < -0.3 is 15.2 Å². The van der Waals surface area contributed by atoms with Gasteiger partial charge in [0.05, 0.1) is 12.0 Å². The number of aliphatic hydroxyl groups excluding tert-OH is 1. The Balaban J connectivity index is 1.68. The predicted octanol–water partition coefficient (Wildman–Crippen LogP) is 3.13. The second-order valence-electron chi connectivity index (χ2n) is 7.53. The number of Topliss-reactive ketones (excluding diaryl/α,β-unsaturated/α-hetero) is 1. The lowest BCUT2D eigenvalue weighted by Gasteiger charge is -2.31. The highest BCUT2D eigenvalue weighted by Crippen LogP contribution is 2.35. The lowest BCUT2D eigenvalue weighted by atomic mass is 10.0. The van der Waals surface area contributed by atoms with Gasteiger partial charge in [-0.25, -0.2) is 12.7 Å². The van der Waals surface area contributed by atoms with Gasteiger partial charge in [0.2, 0.25) is 11.7 Å². The van der Waals surface area contributed by atoms with E-state index in [2.05, 4.69) is 5.32 Å². The Kier molecular flexibility index (Phi) is 6.38. The van der Waals surface area contributed by atoms with Gasteiger partial charge in [-0.2, -0.15) is 0 Å². The molecule has 0 aromatic heterocycles. The maximum Gasteiger partial charge on any atom is 0.265 e. The van der Waals surface area contributed by atoms with E-state index in [0.29, 0.717) is 10.1 Å². The molecule has 9 heteroatoms. The molecule has 0 fully saturated rings. The summed E-state index contributed by atoms with van der Waals surface area (Å²) in [6.07, 6.45) is 0. The standard InChI is InChI=1S/C25H22N2O6S/c1-33-19-13-11-17(12-14-19)15-26-22(28)16-27-23(24(29)18-7-3-2-4-8-18)25(30)20-9-5-6-10-21(20)34(27,31)32/h2-14,29H,15-16H2,1H3,(H,26,28)/b24-23+.